The van der Waals surface area contributed by atoms with Crippen LogP contribution in [0.25, 0.3) is 0 Å². The van der Waals surface area contributed by atoms with Crippen molar-refractivity contribution < 1.29 is 173 Å². The van der Waals surface area contributed by atoms with Gasteiger partial charge in [-0.1, -0.05) is 0 Å². The molecule has 0 aromatic heterocycles. The standard InChI is InChI=1S/C47H76N4O35/c1-13(57)48-25-17(61)5-45(42(72)73,83-36(25)29(65)20(64)8-52)81-22(10-54)31(67)37-26(49-14(2)58)18(62)6-46(84-37,43(74)75)82-23(11-55)32(68)38-27(50-15(3)59)19(63)7-47(85-38,44(76)77)86-39-30(66)21(9-53)79-41(34(39)70)80-35-24(12-56)78-40(71)28(33(35)69)51-16(4)60/h17-41,52-56,61-71H,5-12H2,1-4H3,(H,48,57)(H,49,58)(H,50,59)(H,51,60)(H,72,73)(H,74,75)(H,76,77)/t17-,18-,19-,20+,21+,22+,23+,24+,25+,26+,27+,28+,29+,30-,31+,32+,33+,34+,35+,36+,37+,38+,39-,40?,41-,45+,46+,47-/m0/s1. The lowest BCUT2D eigenvalue weighted by Crippen LogP contribution is -2.72. The predicted molar refractivity (Wildman–Crippen MR) is 265 cm³/mol. The van der Waals surface area contributed by atoms with Crippen LogP contribution in [-0.2, 0) is 76.2 Å². The van der Waals surface area contributed by atoms with Crippen molar-refractivity contribution in [2.24, 2.45) is 0 Å². The van der Waals surface area contributed by atoms with E-state index >= 15 is 0 Å². The Morgan fingerprint density at radius 3 is 1.21 bits per heavy atom. The number of amides is 4. The number of ether oxygens (including phenoxy) is 9. The predicted octanol–water partition coefficient (Wildman–Crippen LogP) is -13.7. The Morgan fingerprint density at radius 2 is 0.849 bits per heavy atom. The minimum Gasteiger partial charge on any atom is -0.477 e. The van der Waals surface area contributed by atoms with E-state index in [0.717, 1.165) is 27.7 Å². The van der Waals surface area contributed by atoms with E-state index in [-0.39, 0.29) is 0 Å². The minimum atomic E-state index is -3.55. The summed E-state index contributed by atoms with van der Waals surface area (Å²) in [5, 5.41) is 217. The molecule has 4 amide bonds. The molecule has 86 heavy (non-hydrogen) atoms. The summed E-state index contributed by atoms with van der Waals surface area (Å²) in [4.78, 5) is 89.2. The van der Waals surface area contributed by atoms with Gasteiger partial charge in [0.25, 0.3) is 17.4 Å². The van der Waals surface area contributed by atoms with Crippen molar-refractivity contribution in [1.82, 2.24) is 21.3 Å². The Hall–Kier alpha value is -4.71. The Balaban J connectivity index is 1.52. The number of nitrogens with one attached hydrogen (secondary N) is 4. The van der Waals surface area contributed by atoms with Crippen LogP contribution in [-0.4, -0.2) is 342 Å². The lowest BCUT2D eigenvalue weighted by molar-refractivity contribution is -0.385. The number of hydrogen-bond donors (Lipinski definition) is 23. The highest BCUT2D eigenvalue weighted by molar-refractivity contribution is 5.78. The maximum absolute atomic E-state index is 13.5. The largest absolute Gasteiger partial charge is 0.477 e. The first kappa shape index (κ1) is 72.0. The number of carboxylic acid groups (broad SMARTS) is 3. The second kappa shape index (κ2) is 29.7. The van der Waals surface area contributed by atoms with Crippen LogP contribution in [0, 0.1) is 0 Å². The van der Waals surface area contributed by atoms with Crippen molar-refractivity contribution in [3.63, 3.8) is 0 Å². The zero-order chi connectivity index (χ0) is 64.8. The zero-order valence-electron chi connectivity index (χ0n) is 46.1. The molecule has 0 spiro atoms. The molecule has 0 bridgehead atoms. The second-order valence-electron chi connectivity index (χ2n) is 21.2. The number of carbonyl (C=O) groups excluding carboxylic acids is 4. The van der Waals surface area contributed by atoms with Crippen LogP contribution < -0.4 is 21.3 Å². The lowest BCUT2D eigenvalue weighted by Gasteiger charge is -2.51. The van der Waals surface area contributed by atoms with Gasteiger partial charge in [-0.3, -0.25) is 19.2 Å². The summed E-state index contributed by atoms with van der Waals surface area (Å²) in [6.07, 6.45) is -51.8. The molecule has 5 saturated heterocycles. The highest BCUT2D eigenvalue weighted by atomic mass is 16.8. The fourth-order valence-electron chi connectivity index (χ4n) is 10.8. The first-order chi connectivity index (χ1) is 40.1. The molecule has 5 aliphatic heterocycles. The van der Waals surface area contributed by atoms with E-state index in [1.807, 2.05) is 0 Å². The minimum absolute atomic E-state index is 0.799. The Labute approximate surface area is 485 Å². The van der Waals surface area contributed by atoms with Gasteiger partial charge in [0.05, 0.1) is 69.5 Å². The van der Waals surface area contributed by atoms with Gasteiger partial charge in [0.15, 0.2) is 12.6 Å². The lowest BCUT2D eigenvalue weighted by atomic mass is 9.86. The SMILES string of the molecule is CC(=O)N[C@H]1[C@H]([C@H](O)[C@H](O)CO)O[C@@](O[C@H](CO)[C@@H](O)[C@@H]2O[C@@](O[C@H](CO)[C@@H](O)[C@@H]3O[C@@](O[C@H]4[C@@H](O)[C@@H](CO)O[C@@H](O[C@H]5[C@H](O)[C@@H](NC(C)=O)C(O)O[C@@H]5CO)[C@@H]4O)(C(=O)O)C[C@H](O)[C@H]3NC(C)=O)(C(=O)O)C[C@H](O)[C@H]2NC(C)=O)(C(=O)O)C[C@@H]1O. The van der Waals surface area contributed by atoms with Gasteiger partial charge in [-0.2, -0.15) is 0 Å². The third-order valence-electron chi connectivity index (χ3n) is 14.9. The van der Waals surface area contributed by atoms with E-state index in [2.05, 4.69) is 21.3 Å². The highest BCUT2D eigenvalue weighted by Gasteiger charge is 2.64. The van der Waals surface area contributed by atoms with Crippen LogP contribution in [0.2, 0.25) is 0 Å². The average Bonchev–Trinajstić information content (AvgIpc) is 2.24. The molecule has 0 radical (unpaired) electrons. The first-order valence-corrected chi connectivity index (χ1v) is 26.5. The number of hydrogen-bond acceptors (Lipinski definition) is 32. The van der Waals surface area contributed by atoms with E-state index in [1.165, 1.54) is 0 Å². The summed E-state index contributed by atoms with van der Waals surface area (Å²) < 4.78 is 50.6. The first-order valence-electron chi connectivity index (χ1n) is 26.5. The van der Waals surface area contributed by atoms with E-state index in [9.17, 15) is 131 Å². The molecule has 1 unspecified atom stereocenters. The third-order valence-corrected chi connectivity index (χ3v) is 14.9. The van der Waals surface area contributed by atoms with E-state index in [4.69, 9.17) is 42.6 Å². The topological polar surface area (TPSA) is 635 Å². The Morgan fingerprint density at radius 1 is 0.477 bits per heavy atom. The van der Waals surface area contributed by atoms with Crippen LogP contribution in [0.5, 0.6) is 0 Å². The molecule has 23 N–H and O–H groups in total. The van der Waals surface area contributed by atoms with Crippen LogP contribution in [0.4, 0.5) is 0 Å². The summed E-state index contributed by atoms with van der Waals surface area (Å²) in [5.41, 5.74) is 0. The van der Waals surface area contributed by atoms with E-state index < -0.39 is 264 Å². The van der Waals surface area contributed by atoms with Crippen LogP contribution in [0.15, 0.2) is 0 Å². The smallest absolute Gasteiger partial charge is 0.364 e. The number of carbonyl (C=O) groups is 7. The van der Waals surface area contributed by atoms with E-state index in [0.29, 0.717) is 0 Å². The molecule has 28 atom stereocenters. The highest BCUT2D eigenvalue weighted by Crippen LogP contribution is 2.42. The molecule has 5 fully saturated rings. The maximum Gasteiger partial charge on any atom is 0.364 e. The fourth-order valence-corrected chi connectivity index (χ4v) is 10.8. The number of carboxylic acids is 3. The number of rotatable bonds is 26. The summed E-state index contributed by atoms with van der Waals surface area (Å²) >= 11 is 0. The maximum atomic E-state index is 13.5. The van der Waals surface area contributed by atoms with Gasteiger partial charge >= 0.3 is 17.9 Å². The molecule has 0 saturated carbocycles. The molecule has 5 aliphatic rings. The summed E-state index contributed by atoms with van der Waals surface area (Å²) in [6, 6.07) is -7.49. The average molecular weight is 1260 g/mol. The van der Waals surface area contributed by atoms with Gasteiger partial charge in [0.2, 0.25) is 23.6 Å². The van der Waals surface area contributed by atoms with Crippen molar-refractivity contribution in [3.8, 4) is 0 Å². The van der Waals surface area contributed by atoms with Crippen molar-refractivity contribution in [2.75, 3.05) is 33.0 Å². The summed E-state index contributed by atoms with van der Waals surface area (Å²) in [6.45, 7) is -2.89. The molecule has 494 valence electrons. The number of aliphatic hydroxyl groups is 16. The van der Waals surface area contributed by atoms with Crippen molar-refractivity contribution in [2.45, 2.75) is 217 Å². The number of aliphatic hydroxyl groups excluding tert-OH is 16. The second-order valence-corrected chi connectivity index (χ2v) is 21.2. The monoisotopic (exact) mass is 1260 g/mol. The molecular weight excluding hydrogens is 1180 g/mol. The van der Waals surface area contributed by atoms with Gasteiger partial charge in [0, 0.05) is 47.0 Å². The summed E-state index contributed by atoms with van der Waals surface area (Å²) in [5.74, 6) is -20.9. The molecule has 39 heteroatoms. The molecule has 5 rings (SSSR count). The molecule has 0 aromatic rings. The van der Waals surface area contributed by atoms with Gasteiger partial charge in [-0.25, -0.2) is 14.4 Å². The quantitative estimate of drug-likeness (QED) is 0.0382. The Bertz CT molecular complexity index is 2350. The van der Waals surface area contributed by atoms with Gasteiger partial charge in [-0.15, -0.1) is 0 Å². The van der Waals surface area contributed by atoms with E-state index in [1.54, 1.807) is 0 Å². The van der Waals surface area contributed by atoms with Crippen molar-refractivity contribution in [3.05, 3.63) is 0 Å². The number of aliphatic carboxylic acids is 3. The van der Waals surface area contributed by atoms with Crippen LogP contribution in [0.3, 0.4) is 0 Å². The van der Waals surface area contributed by atoms with Crippen molar-refractivity contribution in [1.29, 1.82) is 0 Å². The normalized spacial score (nSPS) is 40.6. The third kappa shape index (κ3) is 15.6. The molecule has 0 aromatic carbocycles. The van der Waals surface area contributed by atoms with Gasteiger partial charge < -0.3 is 161 Å². The van der Waals surface area contributed by atoms with Crippen LogP contribution in [0.1, 0.15) is 47.0 Å². The van der Waals surface area contributed by atoms with Crippen molar-refractivity contribution >= 4 is 41.5 Å². The molecule has 5 heterocycles. The summed E-state index contributed by atoms with van der Waals surface area (Å²) in [7, 11) is 0. The molecule has 39 nitrogen and oxygen atoms in total. The molecular formula is C47H76N4O35. The van der Waals surface area contributed by atoms with Gasteiger partial charge in [0.1, 0.15) is 104 Å². The zero-order valence-corrected chi connectivity index (χ0v) is 46.1. The molecule has 0 aliphatic carbocycles. The fraction of sp³-hybridized carbons (Fsp3) is 0.851. The Kier molecular flexibility index (Phi) is 24.9. The van der Waals surface area contributed by atoms with Gasteiger partial charge in [-0.05, 0) is 0 Å². The van der Waals surface area contributed by atoms with Crippen LogP contribution >= 0.6 is 0 Å².